The first-order chi connectivity index (χ1) is 21.4. The average molecular weight is 613 g/mol. The first-order valence-electron chi connectivity index (χ1n) is 14.3. The van der Waals surface area contributed by atoms with E-state index >= 15 is 0 Å². The normalized spacial score (nSPS) is 11.9. The van der Waals surface area contributed by atoms with E-state index in [1.54, 1.807) is 24.4 Å². The van der Waals surface area contributed by atoms with E-state index in [0.29, 0.717) is 61.7 Å². The third-order valence-corrected chi connectivity index (χ3v) is 7.42. The molecule has 0 bridgehead atoms. The Morgan fingerprint density at radius 1 is 0.977 bits per heavy atom. The second kappa shape index (κ2) is 14.6. The number of rotatable bonds is 12. The molecule has 4 aromatic rings. The average Bonchev–Trinajstić information content (AvgIpc) is 3.04. The van der Waals surface area contributed by atoms with Crippen LogP contribution in [0.3, 0.4) is 0 Å². The lowest BCUT2D eigenvalue weighted by atomic mass is 9.96. The first-order valence-corrected chi connectivity index (χ1v) is 14.7. The van der Waals surface area contributed by atoms with Crippen LogP contribution < -0.4 is 29.6 Å². The monoisotopic (exact) mass is 612 g/mol. The van der Waals surface area contributed by atoms with Gasteiger partial charge < -0.3 is 29.6 Å². The number of ether oxygens (including phenoxy) is 4. The van der Waals surface area contributed by atoms with E-state index in [0.717, 1.165) is 44.9 Å². The summed E-state index contributed by atoms with van der Waals surface area (Å²) in [6, 6.07) is 21.3. The molecule has 0 saturated carbocycles. The molecule has 0 fully saturated rings. The number of carbonyl (C=O) groups excluding carboxylic acids is 1. The van der Waals surface area contributed by atoms with Gasteiger partial charge in [0.2, 0.25) is 5.91 Å². The minimum Gasteiger partial charge on any atom is -0.488 e. The van der Waals surface area contributed by atoms with Gasteiger partial charge in [0.1, 0.15) is 49.7 Å². The minimum absolute atomic E-state index is 0.0819. The second-order valence-electron chi connectivity index (χ2n) is 10.2. The summed E-state index contributed by atoms with van der Waals surface area (Å²) < 4.78 is 23.9. The van der Waals surface area contributed by atoms with E-state index in [4.69, 9.17) is 30.5 Å². The SMILES string of the molecule is CC(=O)NCCNCc1cc(Cl)c(OCc2cccc(-c3ccc4c(c3)OCCO4)c2C)cc1OCc1ccnc(C#N)c1. The number of amides is 1. The molecule has 5 rings (SSSR count). The molecule has 10 heteroatoms. The van der Waals surface area contributed by atoms with Crippen molar-refractivity contribution in [3.8, 4) is 40.2 Å². The molecule has 2 N–H and O–H groups in total. The van der Waals surface area contributed by atoms with Gasteiger partial charge in [0.15, 0.2) is 11.5 Å². The molecule has 9 nitrogen and oxygen atoms in total. The summed E-state index contributed by atoms with van der Waals surface area (Å²) in [5.74, 6) is 2.50. The molecule has 0 unspecified atom stereocenters. The lowest BCUT2D eigenvalue weighted by molar-refractivity contribution is -0.118. The number of nitrogens with zero attached hydrogens (tertiary/aromatic N) is 2. The number of aromatic nitrogens is 1. The van der Waals surface area contributed by atoms with E-state index in [1.807, 2.05) is 42.5 Å². The van der Waals surface area contributed by atoms with Crippen molar-refractivity contribution in [2.45, 2.75) is 33.6 Å². The number of hydrogen-bond acceptors (Lipinski definition) is 8. The third kappa shape index (κ3) is 7.78. The Morgan fingerprint density at radius 2 is 1.80 bits per heavy atom. The second-order valence-corrected chi connectivity index (χ2v) is 10.6. The highest BCUT2D eigenvalue weighted by molar-refractivity contribution is 6.32. The topological polar surface area (TPSA) is 115 Å². The van der Waals surface area contributed by atoms with Crippen molar-refractivity contribution in [1.29, 1.82) is 5.26 Å². The molecule has 226 valence electrons. The molecule has 0 spiro atoms. The van der Waals surface area contributed by atoms with Crippen LogP contribution in [0.1, 0.15) is 34.9 Å². The summed E-state index contributed by atoms with van der Waals surface area (Å²) >= 11 is 6.71. The van der Waals surface area contributed by atoms with Gasteiger partial charge in [0.25, 0.3) is 0 Å². The van der Waals surface area contributed by atoms with Crippen molar-refractivity contribution < 1.29 is 23.7 Å². The molecule has 1 aliphatic heterocycles. The van der Waals surface area contributed by atoms with Crippen LogP contribution in [0, 0.1) is 18.3 Å². The van der Waals surface area contributed by atoms with E-state index in [9.17, 15) is 10.1 Å². The fourth-order valence-electron chi connectivity index (χ4n) is 4.81. The summed E-state index contributed by atoms with van der Waals surface area (Å²) in [7, 11) is 0. The number of halogens is 1. The predicted molar refractivity (Wildman–Crippen MR) is 167 cm³/mol. The summed E-state index contributed by atoms with van der Waals surface area (Å²) in [5, 5.41) is 15.7. The van der Waals surface area contributed by atoms with Crippen molar-refractivity contribution in [2.75, 3.05) is 26.3 Å². The molecule has 1 aliphatic rings. The number of benzene rings is 3. The van der Waals surface area contributed by atoms with E-state index in [1.165, 1.54) is 6.92 Å². The van der Waals surface area contributed by atoms with Gasteiger partial charge in [-0.25, -0.2) is 4.98 Å². The molecule has 0 saturated heterocycles. The van der Waals surface area contributed by atoms with Crippen LogP contribution in [0.15, 0.2) is 66.9 Å². The lowest BCUT2D eigenvalue weighted by Crippen LogP contribution is -2.30. The summed E-state index contributed by atoms with van der Waals surface area (Å²) in [4.78, 5) is 15.2. The molecule has 3 aromatic carbocycles. The highest BCUT2D eigenvalue weighted by Gasteiger charge is 2.16. The summed E-state index contributed by atoms with van der Waals surface area (Å²) in [6.45, 7) is 6.70. The smallest absolute Gasteiger partial charge is 0.216 e. The van der Waals surface area contributed by atoms with Gasteiger partial charge in [-0.05, 0) is 65.1 Å². The Balaban J connectivity index is 1.33. The fraction of sp³-hybridized carbons (Fsp3) is 0.265. The molecule has 0 radical (unpaired) electrons. The highest BCUT2D eigenvalue weighted by Crippen LogP contribution is 2.37. The largest absolute Gasteiger partial charge is 0.488 e. The zero-order valence-electron chi connectivity index (χ0n) is 24.6. The number of carbonyl (C=O) groups is 1. The van der Waals surface area contributed by atoms with Gasteiger partial charge in [0.05, 0.1) is 5.02 Å². The summed E-state index contributed by atoms with van der Waals surface area (Å²) in [6.07, 6.45) is 1.58. The van der Waals surface area contributed by atoms with Crippen LogP contribution >= 0.6 is 11.6 Å². The van der Waals surface area contributed by atoms with Crippen LogP contribution in [0.4, 0.5) is 0 Å². The molecule has 1 amide bonds. The standard InChI is InChI=1S/C34H33ClN4O5/c1-22-26(4-3-5-29(22)25-6-7-31-34(16-25)42-13-12-41-31)21-44-33-17-32(43-20-24-8-9-39-28(14-24)18-36)27(15-30(33)35)19-37-10-11-38-23(2)40/h3-9,14-17,37H,10-13,19-21H2,1-2H3,(H,38,40). The fourth-order valence-corrected chi connectivity index (χ4v) is 5.06. The zero-order chi connectivity index (χ0) is 30.9. The summed E-state index contributed by atoms with van der Waals surface area (Å²) in [5.41, 5.74) is 6.17. The van der Waals surface area contributed by atoms with Crippen molar-refractivity contribution in [1.82, 2.24) is 15.6 Å². The Hall–Kier alpha value is -4.78. The number of pyridine rings is 1. The van der Waals surface area contributed by atoms with Crippen LogP contribution in [-0.4, -0.2) is 37.2 Å². The van der Waals surface area contributed by atoms with Crippen molar-refractivity contribution in [2.24, 2.45) is 0 Å². The Labute approximate surface area is 261 Å². The molecular weight excluding hydrogens is 580 g/mol. The Morgan fingerprint density at radius 3 is 2.61 bits per heavy atom. The van der Waals surface area contributed by atoms with Crippen molar-refractivity contribution in [3.05, 3.63) is 99.8 Å². The van der Waals surface area contributed by atoms with Gasteiger partial charge in [-0.2, -0.15) is 5.26 Å². The minimum atomic E-state index is -0.0819. The van der Waals surface area contributed by atoms with Crippen LogP contribution in [-0.2, 0) is 24.6 Å². The third-order valence-electron chi connectivity index (χ3n) is 7.12. The maximum atomic E-state index is 11.2. The quantitative estimate of drug-likeness (QED) is 0.195. The van der Waals surface area contributed by atoms with E-state index in [2.05, 4.69) is 28.6 Å². The van der Waals surface area contributed by atoms with Gasteiger partial charge in [-0.15, -0.1) is 0 Å². The first kappa shape index (κ1) is 30.7. The Kier molecular flexibility index (Phi) is 10.2. The number of nitrogens with one attached hydrogen (secondary N) is 2. The maximum Gasteiger partial charge on any atom is 0.216 e. The number of fused-ring (bicyclic) bond motifs is 1. The molecule has 1 aromatic heterocycles. The predicted octanol–water partition coefficient (Wildman–Crippen LogP) is 5.74. The van der Waals surface area contributed by atoms with Crippen molar-refractivity contribution >= 4 is 17.5 Å². The van der Waals surface area contributed by atoms with Gasteiger partial charge in [0, 0.05) is 44.4 Å². The van der Waals surface area contributed by atoms with Gasteiger partial charge in [-0.3, -0.25) is 4.79 Å². The zero-order valence-corrected chi connectivity index (χ0v) is 25.4. The van der Waals surface area contributed by atoms with Crippen molar-refractivity contribution in [3.63, 3.8) is 0 Å². The van der Waals surface area contributed by atoms with Gasteiger partial charge >= 0.3 is 0 Å². The van der Waals surface area contributed by atoms with E-state index in [-0.39, 0.29) is 12.5 Å². The number of hydrogen-bond donors (Lipinski definition) is 2. The molecular formula is C34H33ClN4O5. The molecule has 44 heavy (non-hydrogen) atoms. The highest BCUT2D eigenvalue weighted by atomic mass is 35.5. The molecule has 2 heterocycles. The molecule has 0 aliphatic carbocycles. The number of nitriles is 1. The van der Waals surface area contributed by atoms with Crippen LogP contribution in [0.5, 0.6) is 23.0 Å². The van der Waals surface area contributed by atoms with Gasteiger partial charge in [-0.1, -0.05) is 35.9 Å². The lowest BCUT2D eigenvalue weighted by Gasteiger charge is -2.20. The maximum absolute atomic E-state index is 11.2. The molecule has 0 atom stereocenters. The van der Waals surface area contributed by atoms with E-state index < -0.39 is 0 Å². The van der Waals surface area contributed by atoms with Crippen LogP contribution in [0.2, 0.25) is 5.02 Å². The van der Waals surface area contributed by atoms with Crippen LogP contribution in [0.25, 0.3) is 11.1 Å². The Bertz CT molecular complexity index is 1690.